The molecule has 2 aromatic rings. The van der Waals surface area contributed by atoms with Crippen LogP contribution in [-0.4, -0.2) is 30.6 Å². The van der Waals surface area contributed by atoms with Gasteiger partial charge < -0.3 is 15.0 Å². The van der Waals surface area contributed by atoms with E-state index in [0.29, 0.717) is 19.7 Å². The second kappa shape index (κ2) is 6.24. The third-order valence-corrected chi connectivity index (χ3v) is 4.03. The third kappa shape index (κ3) is 3.40. The average molecular weight is 306 g/mol. The Hall–Kier alpha value is -1.92. The molecule has 6 heteroatoms. The number of hydrogen-bond acceptors (Lipinski definition) is 3. The highest BCUT2D eigenvalue weighted by molar-refractivity contribution is 7.08. The van der Waals surface area contributed by atoms with E-state index < -0.39 is 0 Å². The number of nitrogens with one attached hydrogen (secondary N) is 1. The van der Waals surface area contributed by atoms with Gasteiger partial charge in [0.05, 0.1) is 18.8 Å². The molecule has 1 aromatic carbocycles. The Morgan fingerprint density at radius 1 is 1.43 bits per heavy atom. The van der Waals surface area contributed by atoms with Gasteiger partial charge in [-0.15, -0.1) is 0 Å². The van der Waals surface area contributed by atoms with Gasteiger partial charge in [0.15, 0.2) is 0 Å². The molecule has 0 saturated carbocycles. The summed E-state index contributed by atoms with van der Waals surface area (Å²) in [6.07, 6.45) is -0.289. The molecule has 0 bridgehead atoms. The largest absolute Gasteiger partial charge is 0.370 e. The van der Waals surface area contributed by atoms with E-state index in [1.165, 1.54) is 23.5 Å². The molecule has 1 aliphatic rings. The molecule has 110 valence electrons. The standard InChI is InChI=1S/C15H15FN2O2S/c16-12-3-1-2-11(8-12)14-9-18(5-6-20-14)15(19)17-13-4-7-21-10-13/h1-4,7-8,10,14H,5-6,9H2,(H,17,19)/t14-/m0/s1. The van der Waals surface area contributed by atoms with Crippen LogP contribution in [0.5, 0.6) is 0 Å². The number of thiophene rings is 1. The molecule has 0 unspecified atom stereocenters. The first kappa shape index (κ1) is 14.0. The summed E-state index contributed by atoms with van der Waals surface area (Å²) >= 11 is 1.53. The number of urea groups is 1. The number of carbonyl (C=O) groups excluding carboxylic acids is 1. The number of amides is 2. The lowest BCUT2D eigenvalue weighted by molar-refractivity contribution is -0.0136. The number of morpholine rings is 1. The number of rotatable bonds is 2. The first-order valence-electron chi connectivity index (χ1n) is 6.67. The van der Waals surface area contributed by atoms with E-state index in [9.17, 15) is 9.18 Å². The van der Waals surface area contributed by atoms with E-state index in [4.69, 9.17) is 4.74 Å². The number of nitrogens with zero attached hydrogens (tertiary/aromatic N) is 1. The fourth-order valence-corrected chi connectivity index (χ4v) is 2.87. The molecule has 1 fully saturated rings. The van der Waals surface area contributed by atoms with E-state index in [1.54, 1.807) is 11.0 Å². The van der Waals surface area contributed by atoms with Crippen molar-refractivity contribution in [3.05, 3.63) is 52.5 Å². The molecule has 0 radical (unpaired) electrons. The molecule has 3 rings (SSSR count). The van der Waals surface area contributed by atoms with Crippen molar-refractivity contribution in [2.75, 3.05) is 25.0 Å². The minimum atomic E-state index is -0.295. The van der Waals surface area contributed by atoms with Crippen LogP contribution in [-0.2, 0) is 4.74 Å². The van der Waals surface area contributed by atoms with Crippen LogP contribution < -0.4 is 5.32 Å². The van der Waals surface area contributed by atoms with Crippen LogP contribution in [0.2, 0.25) is 0 Å². The van der Waals surface area contributed by atoms with Gasteiger partial charge in [-0.1, -0.05) is 12.1 Å². The average Bonchev–Trinajstić information content (AvgIpc) is 3.00. The smallest absolute Gasteiger partial charge is 0.322 e. The number of benzene rings is 1. The second-order valence-electron chi connectivity index (χ2n) is 4.80. The van der Waals surface area contributed by atoms with Crippen molar-refractivity contribution in [2.24, 2.45) is 0 Å². The minimum Gasteiger partial charge on any atom is -0.370 e. The van der Waals surface area contributed by atoms with Crippen molar-refractivity contribution >= 4 is 23.1 Å². The van der Waals surface area contributed by atoms with Crippen LogP contribution in [0.4, 0.5) is 14.9 Å². The number of ether oxygens (including phenoxy) is 1. The zero-order valence-electron chi connectivity index (χ0n) is 11.3. The quantitative estimate of drug-likeness (QED) is 0.922. The van der Waals surface area contributed by atoms with Crippen molar-refractivity contribution in [2.45, 2.75) is 6.10 Å². The Bertz CT molecular complexity index is 618. The maximum Gasteiger partial charge on any atom is 0.322 e. The SMILES string of the molecule is O=C(Nc1ccsc1)N1CCO[C@H](c2cccc(F)c2)C1. The fraction of sp³-hybridized carbons (Fsp3) is 0.267. The van der Waals surface area contributed by atoms with Crippen LogP contribution in [0.1, 0.15) is 11.7 Å². The van der Waals surface area contributed by atoms with Gasteiger partial charge in [0.2, 0.25) is 0 Å². The van der Waals surface area contributed by atoms with E-state index >= 15 is 0 Å². The lowest BCUT2D eigenvalue weighted by Crippen LogP contribution is -2.44. The summed E-state index contributed by atoms with van der Waals surface area (Å²) in [5.74, 6) is -0.295. The third-order valence-electron chi connectivity index (χ3n) is 3.35. The molecule has 0 aliphatic carbocycles. The van der Waals surface area contributed by atoms with Gasteiger partial charge in [0.25, 0.3) is 0 Å². The zero-order valence-corrected chi connectivity index (χ0v) is 12.1. The van der Waals surface area contributed by atoms with Gasteiger partial charge in [-0.25, -0.2) is 9.18 Å². The molecule has 1 aliphatic heterocycles. The van der Waals surface area contributed by atoms with Crippen molar-refractivity contribution in [1.29, 1.82) is 0 Å². The maximum atomic E-state index is 13.3. The maximum absolute atomic E-state index is 13.3. The van der Waals surface area contributed by atoms with Gasteiger partial charge in [-0.2, -0.15) is 11.3 Å². The predicted molar refractivity (Wildman–Crippen MR) is 80.0 cm³/mol. The van der Waals surface area contributed by atoms with Gasteiger partial charge >= 0.3 is 6.03 Å². The summed E-state index contributed by atoms with van der Waals surface area (Å²) in [5.41, 5.74) is 1.54. The van der Waals surface area contributed by atoms with Crippen LogP contribution in [0.3, 0.4) is 0 Å². The molecular formula is C15H15FN2O2S. The van der Waals surface area contributed by atoms with Crippen molar-refractivity contribution in [1.82, 2.24) is 4.90 Å². The lowest BCUT2D eigenvalue weighted by atomic mass is 10.1. The second-order valence-corrected chi connectivity index (χ2v) is 5.58. The van der Waals surface area contributed by atoms with E-state index in [2.05, 4.69) is 5.32 Å². The van der Waals surface area contributed by atoms with E-state index in [0.717, 1.165) is 11.3 Å². The lowest BCUT2D eigenvalue weighted by Gasteiger charge is -2.33. The summed E-state index contributed by atoms with van der Waals surface area (Å²) < 4.78 is 18.9. The summed E-state index contributed by atoms with van der Waals surface area (Å²) in [5, 5.41) is 6.63. The number of halogens is 1. The zero-order chi connectivity index (χ0) is 14.7. The van der Waals surface area contributed by atoms with Crippen LogP contribution in [0.25, 0.3) is 0 Å². The topological polar surface area (TPSA) is 41.6 Å². The first-order valence-corrected chi connectivity index (χ1v) is 7.62. The van der Waals surface area contributed by atoms with E-state index in [1.807, 2.05) is 22.9 Å². The predicted octanol–water partition coefficient (Wildman–Crippen LogP) is 3.49. The molecule has 21 heavy (non-hydrogen) atoms. The molecule has 2 amide bonds. The van der Waals surface area contributed by atoms with Crippen LogP contribution in [0.15, 0.2) is 41.1 Å². The fourth-order valence-electron chi connectivity index (χ4n) is 2.28. The molecule has 1 N–H and O–H groups in total. The highest BCUT2D eigenvalue weighted by Crippen LogP contribution is 2.23. The Morgan fingerprint density at radius 3 is 3.10 bits per heavy atom. The van der Waals surface area contributed by atoms with Crippen molar-refractivity contribution in [3.8, 4) is 0 Å². The Balaban J connectivity index is 1.66. The van der Waals surface area contributed by atoms with Crippen molar-refractivity contribution < 1.29 is 13.9 Å². The molecule has 4 nitrogen and oxygen atoms in total. The molecular weight excluding hydrogens is 291 g/mol. The summed E-state index contributed by atoms with van der Waals surface area (Å²) in [6, 6.07) is 8.01. The normalized spacial score (nSPS) is 18.5. The summed E-state index contributed by atoms with van der Waals surface area (Å²) in [7, 11) is 0. The molecule has 1 atom stereocenters. The number of anilines is 1. The van der Waals surface area contributed by atoms with Gasteiger partial charge in [-0.05, 0) is 29.1 Å². The van der Waals surface area contributed by atoms with Crippen LogP contribution in [0, 0.1) is 5.82 Å². The monoisotopic (exact) mass is 306 g/mol. The van der Waals surface area contributed by atoms with Crippen molar-refractivity contribution in [3.63, 3.8) is 0 Å². The highest BCUT2D eigenvalue weighted by atomic mass is 32.1. The highest BCUT2D eigenvalue weighted by Gasteiger charge is 2.25. The molecule has 1 saturated heterocycles. The van der Waals surface area contributed by atoms with Gasteiger partial charge in [-0.3, -0.25) is 0 Å². The molecule has 1 aromatic heterocycles. The van der Waals surface area contributed by atoms with E-state index in [-0.39, 0.29) is 18.0 Å². The van der Waals surface area contributed by atoms with Crippen LogP contribution >= 0.6 is 11.3 Å². The van der Waals surface area contributed by atoms with Gasteiger partial charge in [0.1, 0.15) is 11.9 Å². The molecule has 0 spiro atoms. The Morgan fingerprint density at radius 2 is 2.33 bits per heavy atom. The number of hydrogen-bond donors (Lipinski definition) is 1. The minimum absolute atomic E-state index is 0.155. The van der Waals surface area contributed by atoms with Gasteiger partial charge in [0, 0.05) is 11.9 Å². The summed E-state index contributed by atoms with van der Waals surface area (Å²) in [4.78, 5) is 13.9. The molecule has 2 heterocycles. The Labute approximate surface area is 126 Å². The Kier molecular flexibility index (Phi) is 4.17. The number of carbonyl (C=O) groups is 1. The first-order chi connectivity index (χ1) is 10.2. The summed E-state index contributed by atoms with van der Waals surface area (Å²) in [6.45, 7) is 1.39.